The zero-order valence-electron chi connectivity index (χ0n) is 15.0. The van der Waals surface area contributed by atoms with E-state index >= 15 is 0 Å². The standard InChI is InChI=1S/C20H14Cl2F2N2O3/c1-28-19-12(21)8-7-11(14(19)23)17-15(24)16(25)13(22)18(26-17)20(27)29-9-10-5-3-2-4-6-10/h2-8H,9H2,1H3,(H2,25,26). The molecule has 0 aliphatic rings. The van der Waals surface area contributed by atoms with Gasteiger partial charge in [-0.1, -0.05) is 53.5 Å². The summed E-state index contributed by atoms with van der Waals surface area (Å²) in [6.45, 7) is -0.0621. The van der Waals surface area contributed by atoms with Crippen LogP contribution >= 0.6 is 23.2 Å². The van der Waals surface area contributed by atoms with E-state index in [9.17, 15) is 13.6 Å². The van der Waals surface area contributed by atoms with E-state index in [4.69, 9.17) is 38.4 Å². The minimum absolute atomic E-state index is 0.0152. The molecule has 3 rings (SSSR count). The summed E-state index contributed by atoms with van der Waals surface area (Å²) in [5, 5.41) is -0.441. The van der Waals surface area contributed by atoms with Gasteiger partial charge in [-0.3, -0.25) is 0 Å². The molecule has 0 aliphatic carbocycles. The van der Waals surface area contributed by atoms with Crippen LogP contribution in [0.2, 0.25) is 10.0 Å². The van der Waals surface area contributed by atoms with Crippen molar-refractivity contribution in [3.8, 4) is 17.0 Å². The number of methoxy groups -OCH3 is 1. The number of esters is 1. The first-order valence-electron chi connectivity index (χ1n) is 8.23. The topological polar surface area (TPSA) is 74.4 Å². The minimum Gasteiger partial charge on any atom is -0.492 e. The zero-order chi connectivity index (χ0) is 21.1. The summed E-state index contributed by atoms with van der Waals surface area (Å²) in [5.41, 5.74) is 4.58. The van der Waals surface area contributed by atoms with Crippen molar-refractivity contribution in [2.75, 3.05) is 12.8 Å². The Kier molecular flexibility index (Phi) is 6.20. The predicted octanol–water partition coefficient (Wildman–Crippen LogP) is 5.28. The van der Waals surface area contributed by atoms with Crippen molar-refractivity contribution < 1.29 is 23.0 Å². The maximum atomic E-state index is 14.7. The van der Waals surface area contributed by atoms with Crippen molar-refractivity contribution in [3.05, 3.63) is 75.4 Å². The molecule has 0 fully saturated rings. The molecule has 2 aromatic carbocycles. The molecule has 1 aromatic heterocycles. The summed E-state index contributed by atoms with van der Waals surface area (Å²) >= 11 is 11.9. The Hall–Kier alpha value is -2.90. The molecule has 3 aromatic rings. The molecule has 0 saturated carbocycles. The van der Waals surface area contributed by atoms with Gasteiger partial charge in [-0.25, -0.2) is 18.6 Å². The second-order valence-electron chi connectivity index (χ2n) is 5.85. The highest BCUT2D eigenvalue weighted by Crippen LogP contribution is 2.38. The van der Waals surface area contributed by atoms with Gasteiger partial charge in [-0.05, 0) is 17.7 Å². The minimum atomic E-state index is -1.09. The molecule has 0 saturated heterocycles. The summed E-state index contributed by atoms with van der Waals surface area (Å²) in [6.07, 6.45) is 0. The summed E-state index contributed by atoms with van der Waals surface area (Å²) in [4.78, 5) is 16.3. The van der Waals surface area contributed by atoms with E-state index in [1.54, 1.807) is 24.3 Å². The van der Waals surface area contributed by atoms with Crippen LogP contribution in [0.15, 0.2) is 42.5 Å². The van der Waals surface area contributed by atoms with Gasteiger partial charge >= 0.3 is 5.97 Å². The average Bonchev–Trinajstić information content (AvgIpc) is 2.72. The number of nitrogen functional groups attached to an aromatic ring is 1. The third-order valence-corrected chi connectivity index (χ3v) is 4.71. The molecule has 0 spiro atoms. The first-order chi connectivity index (χ1) is 13.8. The molecule has 1 heterocycles. The van der Waals surface area contributed by atoms with Crippen LogP contribution in [0, 0.1) is 11.6 Å². The van der Waals surface area contributed by atoms with Gasteiger partial charge in [-0.15, -0.1) is 0 Å². The summed E-state index contributed by atoms with van der Waals surface area (Å²) in [6, 6.07) is 11.4. The Labute approximate surface area is 175 Å². The monoisotopic (exact) mass is 438 g/mol. The normalized spacial score (nSPS) is 10.7. The lowest BCUT2D eigenvalue weighted by molar-refractivity contribution is 0.0466. The molecule has 0 radical (unpaired) electrons. The maximum Gasteiger partial charge on any atom is 0.358 e. The Morgan fingerprint density at radius 3 is 2.45 bits per heavy atom. The molecule has 2 N–H and O–H groups in total. The fourth-order valence-electron chi connectivity index (χ4n) is 2.57. The molecule has 0 bridgehead atoms. The van der Waals surface area contributed by atoms with Crippen molar-refractivity contribution in [2.45, 2.75) is 6.61 Å². The second-order valence-corrected chi connectivity index (χ2v) is 6.64. The smallest absolute Gasteiger partial charge is 0.358 e. The third kappa shape index (κ3) is 4.11. The van der Waals surface area contributed by atoms with Crippen LogP contribution in [0.5, 0.6) is 5.75 Å². The van der Waals surface area contributed by atoms with Crippen molar-refractivity contribution in [3.63, 3.8) is 0 Å². The van der Waals surface area contributed by atoms with Crippen LogP contribution in [0.4, 0.5) is 14.5 Å². The fraction of sp³-hybridized carbons (Fsp3) is 0.100. The first-order valence-corrected chi connectivity index (χ1v) is 8.98. The van der Waals surface area contributed by atoms with Gasteiger partial charge in [-0.2, -0.15) is 0 Å². The number of ether oxygens (including phenoxy) is 2. The molecule has 150 valence electrons. The Bertz CT molecular complexity index is 1080. The highest BCUT2D eigenvalue weighted by atomic mass is 35.5. The Morgan fingerprint density at radius 2 is 1.79 bits per heavy atom. The molecule has 0 atom stereocenters. The van der Waals surface area contributed by atoms with Crippen LogP contribution in [-0.2, 0) is 11.3 Å². The number of carbonyl (C=O) groups excluding carboxylic acids is 1. The summed E-state index contributed by atoms with van der Waals surface area (Å²) in [7, 11) is 1.21. The van der Waals surface area contributed by atoms with Gasteiger partial charge in [0.15, 0.2) is 23.1 Å². The van der Waals surface area contributed by atoms with Gasteiger partial charge in [0, 0.05) is 5.56 Å². The lowest BCUT2D eigenvalue weighted by Crippen LogP contribution is -2.12. The molecule has 0 aliphatic heterocycles. The number of nitrogens with zero attached hydrogens (tertiary/aromatic N) is 1. The number of rotatable bonds is 5. The highest BCUT2D eigenvalue weighted by molar-refractivity contribution is 6.36. The number of nitrogens with two attached hydrogens (primary N) is 1. The molecule has 0 amide bonds. The molecule has 29 heavy (non-hydrogen) atoms. The zero-order valence-corrected chi connectivity index (χ0v) is 16.5. The average molecular weight is 439 g/mol. The van der Waals surface area contributed by atoms with E-state index in [0.717, 1.165) is 5.56 Å². The SMILES string of the molecule is COc1c(Cl)ccc(-c2nc(C(=O)OCc3ccccc3)c(Cl)c(N)c2F)c1F. The third-order valence-electron chi connectivity index (χ3n) is 4.03. The number of hydrogen-bond donors (Lipinski definition) is 1. The number of aromatic nitrogens is 1. The lowest BCUT2D eigenvalue weighted by Gasteiger charge is -2.13. The molecule has 0 unspecified atom stereocenters. The van der Waals surface area contributed by atoms with Crippen LogP contribution in [0.25, 0.3) is 11.3 Å². The van der Waals surface area contributed by atoms with Crippen molar-refractivity contribution >= 4 is 34.9 Å². The number of benzene rings is 2. The molecular formula is C20H14Cl2F2N2O3. The Morgan fingerprint density at radius 1 is 1.10 bits per heavy atom. The van der Waals surface area contributed by atoms with Crippen molar-refractivity contribution in [1.82, 2.24) is 4.98 Å². The predicted molar refractivity (Wildman–Crippen MR) is 106 cm³/mol. The van der Waals surface area contributed by atoms with E-state index in [1.807, 2.05) is 6.07 Å². The summed E-state index contributed by atoms with van der Waals surface area (Å²) in [5.74, 6) is -3.28. The number of halogens is 4. The number of hydrogen-bond acceptors (Lipinski definition) is 5. The van der Waals surface area contributed by atoms with Crippen molar-refractivity contribution in [2.24, 2.45) is 0 Å². The van der Waals surface area contributed by atoms with E-state index < -0.39 is 39.7 Å². The van der Waals surface area contributed by atoms with Gasteiger partial charge in [0.05, 0.1) is 22.8 Å². The number of carbonyl (C=O) groups is 1. The number of anilines is 1. The second kappa shape index (κ2) is 8.63. The lowest BCUT2D eigenvalue weighted by atomic mass is 10.1. The largest absolute Gasteiger partial charge is 0.492 e. The van der Waals surface area contributed by atoms with Crippen LogP contribution in [-0.4, -0.2) is 18.1 Å². The van der Waals surface area contributed by atoms with Crippen LogP contribution < -0.4 is 10.5 Å². The Balaban J connectivity index is 2.03. The molecule has 9 heteroatoms. The van der Waals surface area contributed by atoms with Gasteiger partial charge in [0.2, 0.25) is 0 Å². The van der Waals surface area contributed by atoms with Crippen molar-refractivity contribution in [1.29, 1.82) is 0 Å². The van der Waals surface area contributed by atoms with Gasteiger partial charge < -0.3 is 15.2 Å². The van der Waals surface area contributed by atoms with E-state index in [1.165, 1.54) is 19.2 Å². The maximum absolute atomic E-state index is 14.7. The summed E-state index contributed by atoms with van der Waals surface area (Å²) < 4.78 is 39.5. The number of pyridine rings is 1. The van der Waals surface area contributed by atoms with E-state index in [0.29, 0.717) is 0 Å². The molecular weight excluding hydrogens is 425 g/mol. The van der Waals surface area contributed by atoms with Gasteiger partial charge in [0.1, 0.15) is 12.3 Å². The molecule has 5 nitrogen and oxygen atoms in total. The highest BCUT2D eigenvalue weighted by Gasteiger charge is 2.26. The van der Waals surface area contributed by atoms with Gasteiger partial charge in [0.25, 0.3) is 0 Å². The quantitative estimate of drug-likeness (QED) is 0.548. The van der Waals surface area contributed by atoms with Crippen LogP contribution in [0.3, 0.4) is 0 Å². The first kappa shape index (κ1) is 20.8. The van der Waals surface area contributed by atoms with Crippen LogP contribution in [0.1, 0.15) is 16.1 Å². The van der Waals surface area contributed by atoms with E-state index in [2.05, 4.69) is 4.98 Å². The fourth-order valence-corrected chi connectivity index (χ4v) is 2.99. The van der Waals surface area contributed by atoms with E-state index in [-0.39, 0.29) is 22.9 Å².